The number of rotatable bonds is 2. The molecule has 1 heteroatoms. The van der Waals surface area contributed by atoms with E-state index in [1.165, 1.54) is 6.42 Å². The Morgan fingerprint density at radius 3 is 2.50 bits per heavy atom. The summed E-state index contributed by atoms with van der Waals surface area (Å²) in [5.41, 5.74) is 0.392. The zero-order valence-corrected chi connectivity index (χ0v) is 8.52. The Morgan fingerprint density at radius 2 is 2.08 bits per heavy atom. The lowest BCUT2D eigenvalue weighted by Gasteiger charge is -2.19. The minimum Gasteiger partial charge on any atom is -0.299 e. The lowest BCUT2D eigenvalue weighted by Crippen LogP contribution is -2.12. The van der Waals surface area contributed by atoms with Crippen LogP contribution < -0.4 is 0 Å². The van der Waals surface area contributed by atoms with Crippen molar-refractivity contribution < 1.29 is 4.79 Å². The van der Waals surface area contributed by atoms with Gasteiger partial charge in [-0.05, 0) is 31.1 Å². The molecule has 1 nitrogen and oxygen atoms in total. The first-order valence-corrected chi connectivity index (χ1v) is 5.02. The van der Waals surface area contributed by atoms with Gasteiger partial charge >= 0.3 is 0 Å². The SMILES string of the molecule is CC(C)(C)CC[C@H]1CCCC1=O. The van der Waals surface area contributed by atoms with Crippen LogP contribution in [0.4, 0.5) is 0 Å². The number of carbonyl (C=O) groups excluding carboxylic acids is 1. The second-order valence-electron chi connectivity index (χ2n) is 5.15. The van der Waals surface area contributed by atoms with Gasteiger partial charge in [-0.15, -0.1) is 0 Å². The van der Waals surface area contributed by atoms with Crippen molar-refractivity contribution in [2.24, 2.45) is 11.3 Å². The zero-order chi connectivity index (χ0) is 9.19. The van der Waals surface area contributed by atoms with Crippen LogP contribution in [0.2, 0.25) is 0 Å². The van der Waals surface area contributed by atoms with E-state index in [9.17, 15) is 4.79 Å². The normalized spacial score (nSPS) is 24.9. The van der Waals surface area contributed by atoms with Gasteiger partial charge in [0.05, 0.1) is 0 Å². The van der Waals surface area contributed by atoms with Crippen molar-refractivity contribution in [3.05, 3.63) is 0 Å². The maximum Gasteiger partial charge on any atom is 0.135 e. The highest BCUT2D eigenvalue weighted by Gasteiger charge is 2.25. The van der Waals surface area contributed by atoms with E-state index in [2.05, 4.69) is 20.8 Å². The van der Waals surface area contributed by atoms with Crippen molar-refractivity contribution in [1.29, 1.82) is 0 Å². The molecule has 0 aliphatic heterocycles. The van der Waals surface area contributed by atoms with Gasteiger partial charge in [-0.1, -0.05) is 20.8 Å². The van der Waals surface area contributed by atoms with Crippen LogP contribution in [0.25, 0.3) is 0 Å². The highest BCUT2D eigenvalue weighted by Crippen LogP contribution is 2.30. The summed E-state index contributed by atoms with van der Waals surface area (Å²) in [5, 5.41) is 0. The van der Waals surface area contributed by atoms with Gasteiger partial charge in [0.2, 0.25) is 0 Å². The van der Waals surface area contributed by atoms with Gasteiger partial charge in [0.25, 0.3) is 0 Å². The molecule has 0 aromatic rings. The molecule has 0 saturated heterocycles. The largest absolute Gasteiger partial charge is 0.299 e. The van der Waals surface area contributed by atoms with E-state index in [1.54, 1.807) is 0 Å². The molecular formula is C11H20O. The smallest absolute Gasteiger partial charge is 0.135 e. The quantitative estimate of drug-likeness (QED) is 0.619. The van der Waals surface area contributed by atoms with E-state index in [0.29, 0.717) is 17.1 Å². The lowest BCUT2D eigenvalue weighted by atomic mass is 9.86. The molecule has 1 fully saturated rings. The van der Waals surface area contributed by atoms with E-state index in [0.717, 1.165) is 25.7 Å². The van der Waals surface area contributed by atoms with Gasteiger partial charge < -0.3 is 0 Å². The second kappa shape index (κ2) is 3.59. The number of carbonyl (C=O) groups is 1. The summed E-state index contributed by atoms with van der Waals surface area (Å²) in [6.07, 6.45) is 5.42. The Kier molecular flexibility index (Phi) is 2.92. The molecule has 0 spiro atoms. The fourth-order valence-corrected chi connectivity index (χ4v) is 1.80. The van der Waals surface area contributed by atoms with Crippen LogP contribution in [0.5, 0.6) is 0 Å². The molecule has 12 heavy (non-hydrogen) atoms. The van der Waals surface area contributed by atoms with Crippen LogP contribution in [-0.2, 0) is 4.79 Å². The van der Waals surface area contributed by atoms with Crippen molar-refractivity contribution in [1.82, 2.24) is 0 Å². The Morgan fingerprint density at radius 1 is 1.42 bits per heavy atom. The first-order chi connectivity index (χ1) is 5.49. The van der Waals surface area contributed by atoms with Crippen LogP contribution in [-0.4, -0.2) is 5.78 Å². The predicted octanol–water partition coefficient (Wildman–Crippen LogP) is 3.18. The number of ketones is 1. The number of Topliss-reactive ketones (excluding diaryl/α,β-unsaturated/α-hetero) is 1. The van der Waals surface area contributed by atoms with Gasteiger partial charge in [0.15, 0.2) is 0 Å². The summed E-state index contributed by atoms with van der Waals surface area (Å²) in [4.78, 5) is 11.3. The third kappa shape index (κ3) is 2.96. The molecule has 0 aromatic heterocycles. The molecular weight excluding hydrogens is 148 g/mol. The number of hydrogen-bond acceptors (Lipinski definition) is 1. The fourth-order valence-electron chi connectivity index (χ4n) is 1.80. The van der Waals surface area contributed by atoms with Crippen LogP contribution in [0, 0.1) is 11.3 Å². The van der Waals surface area contributed by atoms with Gasteiger partial charge in [0.1, 0.15) is 5.78 Å². The molecule has 1 aliphatic carbocycles. The molecule has 0 aromatic carbocycles. The van der Waals surface area contributed by atoms with Crippen molar-refractivity contribution in [2.45, 2.75) is 52.9 Å². The van der Waals surface area contributed by atoms with Crippen LogP contribution >= 0.6 is 0 Å². The maximum absolute atomic E-state index is 11.3. The van der Waals surface area contributed by atoms with Crippen molar-refractivity contribution in [3.8, 4) is 0 Å². The molecule has 0 radical (unpaired) electrons. The first kappa shape index (κ1) is 9.76. The molecule has 0 bridgehead atoms. The average molecular weight is 168 g/mol. The minimum atomic E-state index is 0.392. The molecule has 0 amide bonds. The maximum atomic E-state index is 11.3. The number of hydrogen-bond donors (Lipinski definition) is 0. The lowest BCUT2D eigenvalue weighted by molar-refractivity contribution is -0.120. The summed E-state index contributed by atoms with van der Waals surface area (Å²) >= 11 is 0. The van der Waals surface area contributed by atoms with Gasteiger partial charge in [-0.2, -0.15) is 0 Å². The molecule has 1 rings (SSSR count). The van der Waals surface area contributed by atoms with Crippen molar-refractivity contribution in [2.75, 3.05) is 0 Å². The van der Waals surface area contributed by atoms with Gasteiger partial charge in [-0.3, -0.25) is 4.79 Å². The Hall–Kier alpha value is -0.330. The summed E-state index contributed by atoms with van der Waals surface area (Å²) in [7, 11) is 0. The van der Waals surface area contributed by atoms with Crippen LogP contribution in [0.1, 0.15) is 52.9 Å². The summed E-state index contributed by atoms with van der Waals surface area (Å²) in [5.74, 6) is 0.920. The summed E-state index contributed by atoms with van der Waals surface area (Å²) in [6.45, 7) is 6.73. The van der Waals surface area contributed by atoms with Gasteiger partial charge in [0, 0.05) is 12.3 Å². The highest BCUT2D eigenvalue weighted by molar-refractivity contribution is 5.82. The van der Waals surface area contributed by atoms with E-state index >= 15 is 0 Å². The molecule has 70 valence electrons. The monoisotopic (exact) mass is 168 g/mol. The zero-order valence-electron chi connectivity index (χ0n) is 8.52. The van der Waals surface area contributed by atoms with E-state index < -0.39 is 0 Å². The van der Waals surface area contributed by atoms with E-state index in [4.69, 9.17) is 0 Å². The Balaban J connectivity index is 2.27. The predicted molar refractivity (Wildman–Crippen MR) is 51.0 cm³/mol. The Labute approximate surface area is 75.5 Å². The Bertz CT molecular complexity index is 164. The first-order valence-electron chi connectivity index (χ1n) is 5.02. The van der Waals surface area contributed by atoms with E-state index in [-0.39, 0.29) is 0 Å². The molecule has 0 heterocycles. The minimum absolute atomic E-state index is 0.392. The van der Waals surface area contributed by atoms with Crippen LogP contribution in [0.3, 0.4) is 0 Å². The third-order valence-electron chi connectivity index (χ3n) is 2.67. The molecule has 1 atom stereocenters. The standard InChI is InChI=1S/C11H20O/c1-11(2,3)8-7-9-5-4-6-10(9)12/h9H,4-8H2,1-3H3/t9-/m1/s1. The molecule has 1 aliphatic rings. The van der Waals surface area contributed by atoms with Crippen LogP contribution in [0.15, 0.2) is 0 Å². The average Bonchev–Trinajstić information content (AvgIpc) is 2.29. The molecule has 0 unspecified atom stereocenters. The van der Waals surface area contributed by atoms with Crippen molar-refractivity contribution >= 4 is 5.78 Å². The third-order valence-corrected chi connectivity index (χ3v) is 2.67. The second-order valence-corrected chi connectivity index (χ2v) is 5.15. The van der Waals surface area contributed by atoms with Gasteiger partial charge in [-0.25, -0.2) is 0 Å². The molecule has 0 N–H and O–H groups in total. The van der Waals surface area contributed by atoms with E-state index in [1.807, 2.05) is 0 Å². The fraction of sp³-hybridized carbons (Fsp3) is 0.909. The molecule has 1 saturated carbocycles. The highest BCUT2D eigenvalue weighted by atomic mass is 16.1. The topological polar surface area (TPSA) is 17.1 Å². The summed E-state index contributed by atoms with van der Waals surface area (Å²) < 4.78 is 0. The summed E-state index contributed by atoms with van der Waals surface area (Å²) in [6, 6.07) is 0. The van der Waals surface area contributed by atoms with Crippen molar-refractivity contribution in [3.63, 3.8) is 0 Å².